The molecule has 2 nitrogen and oxygen atoms in total. The van der Waals surface area contributed by atoms with Gasteiger partial charge < -0.3 is 9.47 Å². The van der Waals surface area contributed by atoms with Crippen LogP contribution in [0.1, 0.15) is 45.4 Å². The van der Waals surface area contributed by atoms with Crippen LogP contribution in [0.25, 0.3) is 0 Å². The van der Waals surface area contributed by atoms with Gasteiger partial charge in [0.05, 0.1) is 0 Å². The van der Waals surface area contributed by atoms with E-state index in [1.807, 2.05) is 0 Å². The lowest BCUT2D eigenvalue weighted by atomic mass is 9.82. The normalized spacial score (nSPS) is 20.5. The summed E-state index contributed by atoms with van der Waals surface area (Å²) in [5.41, 5.74) is 0. The molecule has 0 unspecified atom stereocenters. The number of hydrogen-bond donors (Lipinski definition) is 0. The SMILES string of the molecule is CCC(OC)(OC)C1CCCCC1. The van der Waals surface area contributed by atoms with Crippen molar-refractivity contribution in [3.8, 4) is 0 Å². The van der Waals surface area contributed by atoms with E-state index >= 15 is 0 Å². The lowest BCUT2D eigenvalue weighted by Crippen LogP contribution is -2.42. The van der Waals surface area contributed by atoms with Crippen LogP contribution in [0.3, 0.4) is 0 Å². The molecule has 0 spiro atoms. The van der Waals surface area contributed by atoms with Crippen LogP contribution in [0.15, 0.2) is 0 Å². The second-order valence-corrected chi connectivity index (χ2v) is 3.91. The van der Waals surface area contributed by atoms with E-state index in [0.29, 0.717) is 5.92 Å². The van der Waals surface area contributed by atoms with Crippen molar-refractivity contribution in [2.24, 2.45) is 5.92 Å². The summed E-state index contributed by atoms with van der Waals surface area (Å²) in [5.74, 6) is 0.293. The van der Waals surface area contributed by atoms with E-state index in [9.17, 15) is 0 Å². The first-order valence-electron chi connectivity index (χ1n) is 5.39. The van der Waals surface area contributed by atoms with Gasteiger partial charge in [-0.25, -0.2) is 0 Å². The molecule has 0 aromatic rings. The fraction of sp³-hybridized carbons (Fsp3) is 1.00. The third-order valence-corrected chi connectivity index (χ3v) is 3.41. The zero-order valence-corrected chi connectivity index (χ0v) is 9.14. The first-order chi connectivity index (χ1) is 6.29. The van der Waals surface area contributed by atoms with Crippen LogP contribution in [-0.2, 0) is 9.47 Å². The Bertz CT molecular complexity index is 127. The summed E-state index contributed by atoms with van der Waals surface area (Å²) in [4.78, 5) is 0. The monoisotopic (exact) mass is 186 g/mol. The van der Waals surface area contributed by atoms with Gasteiger partial charge in [0.25, 0.3) is 0 Å². The van der Waals surface area contributed by atoms with Crippen molar-refractivity contribution >= 4 is 0 Å². The second kappa shape index (κ2) is 4.97. The maximum Gasteiger partial charge on any atom is 0.170 e. The largest absolute Gasteiger partial charge is 0.353 e. The van der Waals surface area contributed by atoms with Crippen LogP contribution in [0.2, 0.25) is 0 Å². The summed E-state index contributed by atoms with van der Waals surface area (Å²) in [6.45, 7) is 2.14. The first-order valence-corrected chi connectivity index (χ1v) is 5.39. The molecule has 1 aliphatic carbocycles. The van der Waals surface area contributed by atoms with Gasteiger partial charge in [0.15, 0.2) is 5.79 Å². The van der Waals surface area contributed by atoms with E-state index in [2.05, 4.69) is 6.92 Å². The summed E-state index contributed by atoms with van der Waals surface area (Å²) in [7, 11) is 3.53. The smallest absolute Gasteiger partial charge is 0.170 e. The third-order valence-electron chi connectivity index (χ3n) is 3.41. The van der Waals surface area contributed by atoms with Gasteiger partial charge in [0, 0.05) is 20.1 Å². The minimum absolute atomic E-state index is 0.305. The van der Waals surface area contributed by atoms with Gasteiger partial charge in [-0.3, -0.25) is 0 Å². The summed E-state index contributed by atoms with van der Waals surface area (Å²) >= 11 is 0. The number of rotatable bonds is 4. The molecule has 0 aromatic heterocycles. The number of hydrogen-bond acceptors (Lipinski definition) is 2. The standard InChI is InChI=1S/C11H22O2/c1-4-11(12-2,13-3)10-8-6-5-7-9-10/h10H,4-9H2,1-3H3. The van der Waals surface area contributed by atoms with E-state index < -0.39 is 0 Å². The van der Waals surface area contributed by atoms with Gasteiger partial charge in [-0.05, 0) is 19.3 Å². The highest BCUT2D eigenvalue weighted by molar-refractivity contribution is 4.80. The number of ether oxygens (including phenoxy) is 2. The lowest BCUT2D eigenvalue weighted by Gasteiger charge is -2.39. The van der Waals surface area contributed by atoms with Gasteiger partial charge in [-0.15, -0.1) is 0 Å². The van der Waals surface area contributed by atoms with Crippen molar-refractivity contribution in [3.05, 3.63) is 0 Å². The van der Waals surface area contributed by atoms with Gasteiger partial charge in [0.1, 0.15) is 0 Å². The molecule has 0 N–H and O–H groups in total. The van der Waals surface area contributed by atoms with Crippen LogP contribution in [0.5, 0.6) is 0 Å². The summed E-state index contributed by atoms with van der Waals surface area (Å²) in [6.07, 6.45) is 7.51. The molecule has 0 radical (unpaired) electrons. The van der Waals surface area contributed by atoms with Crippen molar-refractivity contribution in [1.29, 1.82) is 0 Å². The molecule has 0 bridgehead atoms. The molecule has 1 saturated carbocycles. The minimum atomic E-state index is -0.305. The highest BCUT2D eigenvalue weighted by atomic mass is 16.7. The van der Waals surface area contributed by atoms with E-state index in [1.165, 1.54) is 32.1 Å². The maximum absolute atomic E-state index is 5.55. The summed E-state index contributed by atoms with van der Waals surface area (Å²) in [6, 6.07) is 0. The molecule has 0 heterocycles. The highest BCUT2D eigenvalue weighted by Crippen LogP contribution is 2.37. The van der Waals surface area contributed by atoms with Crippen molar-refractivity contribution < 1.29 is 9.47 Å². The van der Waals surface area contributed by atoms with Gasteiger partial charge in [-0.1, -0.05) is 26.2 Å². The molecule has 0 saturated heterocycles. The Morgan fingerprint density at radius 3 is 2.00 bits per heavy atom. The van der Waals surface area contributed by atoms with E-state index in [-0.39, 0.29) is 5.79 Å². The topological polar surface area (TPSA) is 18.5 Å². The van der Waals surface area contributed by atoms with Crippen LogP contribution in [0, 0.1) is 5.92 Å². The van der Waals surface area contributed by atoms with Crippen LogP contribution in [-0.4, -0.2) is 20.0 Å². The molecule has 2 heteroatoms. The Hall–Kier alpha value is -0.0800. The fourth-order valence-electron chi connectivity index (χ4n) is 2.54. The molecule has 0 atom stereocenters. The predicted molar refractivity (Wildman–Crippen MR) is 53.6 cm³/mol. The van der Waals surface area contributed by atoms with E-state index in [1.54, 1.807) is 14.2 Å². The average Bonchev–Trinajstić information content (AvgIpc) is 2.23. The number of methoxy groups -OCH3 is 2. The molecule has 0 aliphatic heterocycles. The molecule has 78 valence electrons. The van der Waals surface area contributed by atoms with Crippen molar-refractivity contribution in [1.82, 2.24) is 0 Å². The maximum atomic E-state index is 5.55. The molecular formula is C11H22O2. The third kappa shape index (κ3) is 2.23. The minimum Gasteiger partial charge on any atom is -0.353 e. The Morgan fingerprint density at radius 2 is 1.62 bits per heavy atom. The van der Waals surface area contributed by atoms with Gasteiger partial charge in [0.2, 0.25) is 0 Å². The first kappa shape index (κ1) is 11.0. The predicted octanol–water partition coefficient (Wildman–Crippen LogP) is 2.97. The average molecular weight is 186 g/mol. The fourth-order valence-corrected chi connectivity index (χ4v) is 2.54. The zero-order chi connectivity index (χ0) is 9.73. The summed E-state index contributed by atoms with van der Waals surface area (Å²) in [5, 5.41) is 0. The molecule has 1 aliphatic rings. The molecule has 0 amide bonds. The van der Waals surface area contributed by atoms with Gasteiger partial charge in [-0.2, -0.15) is 0 Å². The molecule has 1 fully saturated rings. The molecule has 0 aromatic carbocycles. The molecular weight excluding hydrogens is 164 g/mol. The Balaban J connectivity index is 2.60. The van der Waals surface area contributed by atoms with Crippen LogP contribution >= 0.6 is 0 Å². The Labute approximate surface area is 81.6 Å². The zero-order valence-electron chi connectivity index (χ0n) is 9.14. The second-order valence-electron chi connectivity index (χ2n) is 3.91. The van der Waals surface area contributed by atoms with E-state index in [0.717, 1.165) is 6.42 Å². The highest BCUT2D eigenvalue weighted by Gasteiger charge is 2.37. The Morgan fingerprint density at radius 1 is 1.08 bits per heavy atom. The quantitative estimate of drug-likeness (QED) is 0.628. The van der Waals surface area contributed by atoms with Gasteiger partial charge >= 0.3 is 0 Å². The van der Waals surface area contributed by atoms with Crippen molar-refractivity contribution in [2.45, 2.75) is 51.2 Å². The Kier molecular flexibility index (Phi) is 4.20. The van der Waals surface area contributed by atoms with E-state index in [4.69, 9.17) is 9.47 Å². The summed E-state index contributed by atoms with van der Waals surface area (Å²) < 4.78 is 11.1. The molecule has 1 rings (SSSR count). The van der Waals surface area contributed by atoms with Crippen molar-refractivity contribution in [2.75, 3.05) is 14.2 Å². The van der Waals surface area contributed by atoms with Crippen LogP contribution in [0.4, 0.5) is 0 Å². The lowest BCUT2D eigenvalue weighted by molar-refractivity contribution is -0.246. The molecule has 13 heavy (non-hydrogen) atoms. The van der Waals surface area contributed by atoms with Crippen LogP contribution < -0.4 is 0 Å². The van der Waals surface area contributed by atoms with Crippen molar-refractivity contribution in [3.63, 3.8) is 0 Å².